The van der Waals surface area contributed by atoms with Gasteiger partial charge in [-0.25, -0.2) is 9.78 Å². The second kappa shape index (κ2) is 11.3. The van der Waals surface area contributed by atoms with Gasteiger partial charge in [-0.2, -0.15) is 0 Å². The van der Waals surface area contributed by atoms with Crippen molar-refractivity contribution < 1.29 is 23.8 Å². The van der Waals surface area contributed by atoms with Gasteiger partial charge in [0.25, 0.3) is 5.91 Å². The van der Waals surface area contributed by atoms with Crippen LogP contribution in [0.1, 0.15) is 35.6 Å². The van der Waals surface area contributed by atoms with Crippen molar-refractivity contribution in [1.29, 1.82) is 0 Å². The van der Waals surface area contributed by atoms with Crippen LogP contribution in [0.4, 0.5) is 0 Å². The first-order chi connectivity index (χ1) is 15.1. The lowest BCUT2D eigenvalue weighted by Gasteiger charge is -2.12. The Balaban J connectivity index is 1.46. The fourth-order valence-corrected chi connectivity index (χ4v) is 3.80. The predicted octanol–water partition coefficient (Wildman–Crippen LogP) is 4.00. The maximum Gasteiger partial charge on any atom is 0.338 e. The maximum atomic E-state index is 12.3. The monoisotopic (exact) mass is 442 g/mol. The van der Waals surface area contributed by atoms with Crippen molar-refractivity contribution in [3.63, 3.8) is 0 Å². The molecule has 0 fully saturated rings. The van der Waals surface area contributed by atoms with E-state index in [4.69, 9.17) is 14.2 Å². The average Bonchev–Trinajstić information content (AvgIpc) is 3.19. The highest BCUT2D eigenvalue weighted by atomic mass is 32.1. The number of esters is 1. The zero-order valence-electron chi connectivity index (χ0n) is 17.7. The molecule has 0 saturated carbocycles. The molecule has 0 aliphatic heterocycles. The summed E-state index contributed by atoms with van der Waals surface area (Å²) in [6, 6.07) is 12.8. The van der Waals surface area contributed by atoms with Gasteiger partial charge < -0.3 is 19.5 Å². The minimum absolute atomic E-state index is 0.301. The number of ether oxygens (including phenoxy) is 3. The molecular weight excluding hydrogens is 416 g/mol. The van der Waals surface area contributed by atoms with Gasteiger partial charge >= 0.3 is 5.97 Å². The van der Waals surface area contributed by atoms with Gasteiger partial charge in [-0.05, 0) is 43.7 Å². The van der Waals surface area contributed by atoms with Gasteiger partial charge in [-0.15, -0.1) is 11.3 Å². The molecule has 0 saturated heterocycles. The minimum atomic E-state index is -0.593. The lowest BCUT2D eigenvalue weighted by molar-refractivity contribution is -0.124. The molecule has 0 spiro atoms. The number of nitrogens with zero attached hydrogens (tertiary/aromatic N) is 1. The largest absolute Gasteiger partial charge is 0.490 e. The van der Waals surface area contributed by atoms with E-state index in [0.717, 1.165) is 21.6 Å². The molecule has 1 heterocycles. The van der Waals surface area contributed by atoms with E-state index in [9.17, 15) is 9.59 Å². The van der Waals surface area contributed by atoms with Crippen LogP contribution < -0.4 is 14.8 Å². The van der Waals surface area contributed by atoms with E-state index in [1.165, 1.54) is 0 Å². The normalized spacial score (nSPS) is 10.6. The molecule has 7 nitrogen and oxygen atoms in total. The smallest absolute Gasteiger partial charge is 0.338 e. The van der Waals surface area contributed by atoms with Crippen molar-refractivity contribution >= 4 is 33.4 Å². The van der Waals surface area contributed by atoms with Gasteiger partial charge in [0.05, 0.1) is 34.0 Å². The summed E-state index contributed by atoms with van der Waals surface area (Å²) in [5.74, 6) is 0.102. The highest BCUT2D eigenvalue weighted by Crippen LogP contribution is 2.29. The van der Waals surface area contributed by atoms with Crippen LogP contribution in [0.25, 0.3) is 10.2 Å². The summed E-state index contributed by atoms with van der Waals surface area (Å²) in [4.78, 5) is 28.9. The van der Waals surface area contributed by atoms with Crippen LogP contribution in [0.15, 0.2) is 42.5 Å². The Morgan fingerprint density at radius 2 is 1.90 bits per heavy atom. The summed E-state index contributed by atoms with van der Waals surface area (Å²) in [6.45, 7) is 4.94. The lowest BCUT2D eigenvalue weighted by Crippen LogP contribution is -2.30. The topological polar surface area (TPSA) is 86.8 Å². The van der Waals surface area contributed by atoms with Gasteiger partial charge in [-0.3, -0.25) is 4.79 Å². The van der Waals surface area contributed by atoms with Crippen LogP contribution in [0.2, 0.25) is 0 Å². The zero-order valence-corrected chi connectivity index (χ0v) is 18.5. The first-order valence-corrected chi connectivity index (χ1v) is 11.1. The van der Waals surface area contributed by atoms with E-state index in [0.29, 0.717) is 43.2 Å². The summed E-state index contributed by atoms with van der Waals surface area (Å²) in [7, 11) is 0. The molecule has 0 unspecified atom stereocenters. The summed E-state index contributed by atoms with van der Waals surface area (Å²) in [5.41, 5.74) is 1.26. The van der Waals surface area contributed by atoms with Crippen molar-refractivity contribution in [2.24, 2.45) is 0 Å². The molecule has 0 atom stereocenters. The molecule has 0 radical (unpaired) electrons. The lowest BCUT2D eigenvalue weighted by atomic mass is 10.2. The van der Waals surface area contributed by atoms with E-state index < -0.39 is 5.97 Å². The molecule has 1 aromatic heterocycles. The van der Waals surface area contributed by atoms with Gasteiger partial charge in [0, 0.05) is 13.0 Å². The number of carbonyl (C=O) groups excluding carboxylic acids is 2. The van der Waals surface area contributed by atoms with Gasteiger partial charge in [0.1, 0.15) is 0 Å². The Kier molecular flexibility index (Phi) is 8.23. The first-order valence-electron chi connectivity index (χ1n) is 10.3. The molecule has 31 heavy (non-hydrogen) atoms. The zero-order chi connectivity index (χ0) is 22.1. The van der Waals surface area contributed by atoms with E-state index in [1.54, 1.807) is 29.5 Å². The molecule has 0 aliphatic carbocycles. The second-order valence-electron chi connectivity index (χ2n) is 6.69. The van der Waals surface area contributed by atoms with Crippen LogP contribution in [-0.2, 0) is 16.0 Å². The van der Waals surface area contributed by atoms with E-state index in [-0.39, 0.29) is 12.5 Å². The van der Waals surface area contributed by atoms with Gasteiger partial charge in [0.2, 0.25) is 0 Å². The molecule has 2 aromatic carbocycles. The quantitative estimate of drug-likeness (QED) is 0.452. The number of fused-ring (bicyclic) bond motifs is 1. The standard InChI is InChI=1S/C23H26N2O5S/c1-3-13-29-18-10-9-16(14-19(18)28-4-2)23(27)30-15-21(26)24-12-11-22-25-17-7-5-6-8-20(17)31-22/h5-10,14H,3-4,11-13,15H2,1-2H3,(H,24,26). The number of hydrogen-bond acceptors (Lipinski definition) is 7. The number of rotatable bonds is 11. The molecular formula is C23H26N2O5S. The van der Waals surface area contributed by atoms with E-state index in [1.807, 2.05) is 38.1 Å². The van der Waals surface area contributed by atoms with Crippen molar-refractivity contribution in [3.05, 3.63) is 53.0 Å². The summed E-state index contributed by atoms with van der Waals surface area (Å²) in [5, 5.41) is 3.70. The highest BCUT2D eigenvalue weighted by Gasteiger charge is 2.14. The summed E-state index contributed by atoms with van der Waals surface area (Å²) in [6.07, 6.45) is 1.49. The van der Waals surface area contributed by atoms with E-state index >= 15 is 0 Å². The predicted molar refractivity (Wildman–Crippen MR) is 120 cm³/mol. The van der Waals surface area contributed by atoms with Gasteiger partial charge in [-0.1, -0.05) is 19.1 Å². The van der Waals surface area contributed by atoms with Crippen molar-refractivity contribution in [3.8, 4) is 11.5 Å². The Bertz CT molecular complexity index is 1000. The number of thiazole rings is 1. The van der Waals surface area contributed by atoms with Crippen LogP contribution in [0, 0.1) is 0 Å². The van der Waals surface area contributed by atoms with Crippen molar-refractivity contribution in [1.82, 2.24) is 10.3 Å². The summed E-state index contributed by atoms with van der Waals surface area (Å²) >= 11 is 1.61. The molecule has 1 amide bonds. The van der Waals surface area contributed by atoms with Crippen molar-refractivity contribution in [2.75, 3.05) is 26.4 Å². The SMILES string of the molecule is CCCOc1ccc(C(=O)OCC(=O)NCCc2nc3ccccc3s2)cc1OCC. The van der Waals surface area contributed by atoms with Crippen molar-refractivity contribution in [2.45, 2.75) is 26.7 Å². The third-order valence-electron chi connectivity index (χ3n) is 4.27. The number of hydrogen-bond donors (Lipinski definition) is 1. The molecule has 0 bridgehead atoms. The van der Waals surface area contributed by atoms with Crippen LogP contribution in [0.3, 0.4) is 0 Å². The Labute approximate surface area is 185 Å². The summed E-state index contributed by atoms with van der Waals surface area (Å²) < 4.78 is 17.4. The molecule has 1 N–H and O–H groups in total. The van der Waals surface area contributed by atoms with Crippen LogP contribution in [0.5, 0.6) is 11.5 Å². The molecule has 3 rings (SSSR count). The fraction of sp³-hybridized carbons (Fsp3) is 0.348. The highest BCUT2D eigenvalue weighted by molar-refractivity contribution is 7.18. The van der Waals surface area contributed by atoms with E-state index in [2.05, 4.69) is 10.3 Å². The molecule has 8 heteroatoms. The Morgan fingerprint density at radius 3 is 2.68 bits per heavy atom. The Hall–Kier alpha value is -3.13. The third kappa shape index (κ3) is 6.42. The number of para-hydroxylation sites is 1. The number of nitrogens with one attached hydrogen (secondary N) is 1. The van der Waals surface area contributed by atoms with Crippen LogP contribution >= 0.6 is 11.3 Å². The minimum Gasteiger partial charge on any atom is -0.490 e. The number of amides is 1. The maximum absolute atomic E-state index is 12.3. The third-order valence-corrected chi connectivity index (χ3v) is 5.37. The second-order valence-corrected chi connectivity index (χ2v) is 7.81. The average molecular weight is 443 g/mol. The van der Waals surface area contributed by atoms with Crippen LogP contribution in [-0.4, -0.2) is 43.2 Å². The van der Waals surface area contributed by atoms with Gasteiger partial charge in [0.15, 0.2) is 18.1 Å². The fourth-order valence-electron chi connectivity index (χ4n) is 2.84. The Morgan fingerprint density at radius 1 is 1.06 bits per heavy atom. The number of aromatic nitrogens is 1. The number of carbonyl (C=O) groups is 2. The number of benzene rings is 2. The molecule has 164 valence electrons. The first kappa shape index (κ1) is 22.6. The molecule has 3 aromatic rings. The molecule has 0 aliphatic rings.